The second-order valence-corrected chi connectivity index (χ2v) is 4.58. The summed E-state index contributed by atoms with van der Waals surface area (Å²) in [6, 6.07) is 4.03. The van der Waals surface area contributed by atoms with Gasteiger partial charge >= 0.3 is 0 Å². The summed E-state index contributed by atoms with van der Waals surface area (Å²) in [6.07, 6.45) is 1.82. The molecule has 1 saturated heterocycles. The van der Waals surface area contributed by atoms with Gasteiger partial charge in [0, 0.05) is 37.9 Å². The smallest absolute Gasteiger partial charge is 0.192 e. The van der Waals surface area contributed by atoms with Gasteiger partial charge in [-0.2, -0.15) is 5.10 Å². The Morgan fingerprint density at radius 1 is 1.22 bits per heavy atom. The highest BCUT2D eigenvalue weighted by Gasteiger charge is 2.11. The van der Waals surface area contributed by atoms with Crippen LogP contribution in [0.4, 0.5) is 5.82 Å². The molecule has 0 radical (unpaired) electrons. The van der Waals surface area contributed by atoms with E-state index in [2.05, 4.69) is 30.4 Å². The molecule has 0 amide bonds. The molecule has 0 unspecified atom stereocenters. The first-order valence-corrected chi connectivity index (χ1v) is 6.30. The van der Waals surface area contributed by atoms with Gasteiger partial charge in [-0.05, 0) is 24.4 Å². The molecule has 2 aromatic rings. The number of aromatic nitrogens is 4. The fourth-order valence-corrected chi connectivity index (χ4v) is 2.16. The van der Waals surface area contributed by atoms with Crippen LogP contribution in [0.3, 0.4) is 0 Å². The lowest BCUT2D eigenvalue weighted by molar-refractivity contribution is 0.585. The lowest BCUT2D eigenvalue weighted by Gasteiger charge is -2.28. The summed E-state index contributed by atoms with van der Waals surface area (Å²) in [5.41, 5.74) is 0.932. The van der Waals surface area contributed by atoms with Crippen LogP contribution < -0.4 is 10.2 Å². The quantitative estimate of drug-likeness (QED) is 0.703. The van der Waals surface area contributed by atoms with Crippen LogP contribution in [0, 0.1) is 4.77 Å². The predicted molar refractivity (Wildman–Crippen MR) is 72.1 cm³/mol. The number of aromatic amines is 2. The Morgan fingerprint density at radius 2 is 2.06 bits per heavy atom. The number of hydrogen-bond donors (Lipinski definition) is 3. The van der Waals surface area contributed by atoms with E-state index >= 15 is 0 Å². The van der Waals surface area contributed by atoms with E-state index < -0.39 is 0 Å². The SMILES string of the molecule is S=c1[nH]nc(-c2ccc(N3CCNCC3)nc2)[nH]1. The minimum absolute atomic E-state index is 0.524. The predicted octanol–water partition coefficient (Wildman–Crippen LogP) is 0.939. The number of pyridine rings is 1. The molecule has 1 aliphatic rings. The Morgan fingerprint density at radius 3 is 2.67 bits per heavy atom. The van der Waals surface area contributed by atoms with E-state index in [4.69, 9.17) is 12.2 Å². The van der Waals surface area contributed by atoms with Crippen LogP contribution in [0.1, 0.15) is 0 Å². The van der Waals surface area contributed by atoms with E-state index in [1.54, 1.807) is 0 Å². The van der Waals surface area contributed by atoms with E-state index in [-0.39, 0.29) is 0 Å². The second-order valence-electron chi connectivity index (χ2n) is 4.17. The molecule has 0 bridgehead atoms. The highest BCUT2D eigenvalue weighted by Crippen LogP contribution is 2.17. The summed E-state index contributed by atoms with van der Waals surface area (Å²) in [5, 5.41) is 10.1. The molecular formula is C11H14N6S. The van der Waals surface area contributed by atoms with E-state index in [9.17, 15) is 0 Å². The molecule has 1 aliphatic heterocycles. The van der Waals surface area contributed by atoms with Crippen molar-refractivity contribution in [3.05, 3.63) is 23.1 Å². The van der Waals surface area contributed by atoms with Gasteiger partial charge < -0.3 is 15.2 Å². The number of hydrogen-bond acceptors (Lipinski definition) is 5. The molecule has 6 nitrogen and oxygen atoms in total. The molecule has 0 spiro atoms. The minimum atomic E-state index is 0.524. The minimum Gasteiger partial charge on any atom is -0.354 e. The zero-order valence-corrected chi connectivity index (χ0v) is 10.6. The maximum absolute atomic E-state index is 4.95. The molecule has 94 valence electrons. The number of rotatable bonds is 2. The van der Waals surface area contributed by atoms with Crippen molar-refractivity contribution in [1.29, 1.82) is 0 Å². The maximum Gasteiger partial charge on any atom is 0.192 e. The van der Waals surface area contributed by atoms with E-state index in [0.717, 1.165) is 43.4 Å². The fourth-order valence-electron chi connectivity index (χ4n) is 2.01. The summed E-state index contributed by atoms with van der Waals surface area (Å²) in [5.74, 6) is 1.73. The number of piperazine rings is 1. The molecule has 0 saturated carbocycles. The highest BCUT2D eigenvalue weighted by atomic mass is 32.1. The second kappa shape index (κ2) is 4.87. The van der Waals surface area contributed by atoms with Crippen LogP contribution in [0.5, 0.6) is 0 Å². The van der Waals surface area contributed by atoms with Crippen molar-refractivity contribution in [3.63, 3.8) is 0 Å². The van der Waals surface area contributed by atoms with Gasteiger partial charge in [0.2, 0.25) is 0 Å². The molecule has 3 N–H and O–H groups in total. The number of H-pyrrole nitrogens is 2. The maximum atomic E-state index is 4.95. The third-order valence-corrected chi connectivity index (χ3v) is 3.16. The number of nitrogens with zero attached hydrogens (tertiary/aromatic N) is 3. The third kappa shape index (κ3) is 2.27. The summed E-state index contributed by atoms with van der Waals surface area (Å²) in [6.45, 7) is 4.01. The Labute approximate surface area is 109 Å². The van der Waals surface area contributed by atoms with Gasteiger partial charge in [0.25, 0.3) is 0 Å². The average molecular weight is 262 g/mol. The third-order valence-electron chi connectivity index (χ3n) is 2.96. The molecule has 3 heterocycles. The Bertz CT molecular complexity index is 566. The van der Waals surface area contributed by atoms with Crippen LogP contribution >= 0.6 is 12.2 Å². The van der Waals surface area contributed by atoms with Crippen LogP contribution in [-0.2, 0) is 0 Å². The van der Waals surface area contributed by atoms with Crippen molar-refractivity contribution < 1.29 is 0 Å². The number of anilines is 1. The molecule has 0 atom stereocenters. The van der Waals surface area contributed by atoms with Gasteiger partial charge in [-0.15, -0.1) is 0 Å². The van der Waals surface area contributed by atoms with Crippen LogP contribution in [0.15, 0.2) is 18.3 Å². The molecule has 1 fully saturated rings. The summed E-state index contributed by atoms with van der Waals surface area (Å²) < 4.78 is 0.524. The van der Waals surface area contributed by atoms with Gasteiger partial charge in [-0.1, -0.05) is 0 Å². The van der Waals surface area contributed by atoms with Gasteiger partial charge in [0.1, 0.15) is 5.82 Å². The van der Waals surface area contributed by atoms with E-state index in [0.29, 0.717) is 4.77 Å². The van der Waals surface area contributed by atoms with Crippen molar-refractivity contribution in [2.45, 2.75) is 0 Å². The van der Waals surface area contributed by atoms with E-state index in [1.807, 2.05) is 18.3 Å². The summed E-state index contributed by atoms with van der Waals surface area (Å²) in [7, 11) is 0. The van der Waals surface area contributed by atoms with Crippen LogP contribution in [-0.4, -0.2) is 46.3 Å². The van der Waals surface area contributed by atoms with Crippen molar-refractivity contribution >= 4 is 18.0 Å². The topological polar surface area (TPSA) is 72.6 Å². The van der Waals surface area contributed by atoms with Crippen molar-refractivity contribution in [3.8, 4) is 11.4 Å². The largest absolute Gasteiger partial charge is 0.354 e. The van der Waals surface area contributed by atoms with Gasteiger partial charge in [0.05, 0.1) is 0 Å². The zero-order chi connectivity index (χ0) is 12.4. The van der Waals surface area contributed by atoms with Crippen LogP contribution in [0.25, 0.3) is 11.4 Å². The lowest BCUT2D eigenvalue weighted by Crippen LogP contribution is -2.43. The van der Waals surface area contributed by atoms with Crippen molar-refractivity contribution in [2.75, 3.05) is 31.1 Å². The lowest BCUT2D eigenvalue weighted by atomic mass is 10.2. The summed E-state index contributed by atoms with van der Waals surface area (Å²) in [4.78, 5) is 9.72. The molecule has 2 aromatic heterocycles. The number of nitrogens with one attached hydrogen (secondary N) is 3. The monoisotopic (exact) mass is 262 g/mol. The van der Waals surface area contributed by atoms with Crippen molar-refractivity contribution in [1.82, 2.24) is 25.5 Å². The average Bonchev–Trinajstić information content (AvgIpc) is 2.87. The standard InChI is InChI=1S/C11H14N6S/c18-11-14-10(15-16-11)8-1-2-9(13-7-8)17-5-3-12-4-6-17/h1-2,7,12H,3-6H2,(H2,14,15,16,18). The van der Waals surface area contributed by atoms with Gasteiger partial charge in [-0.25, -0.2) is 4.98 Å². The Balaban J connectivity index is 1.82. The molecule has 7 heteroatoms. The normalized spacial score (nSPS) is 15.9. The first-order chi connectivity index (χ1) is 8.83. The molecule has 0 aliphatic carbocycles. The molecule has 0 aromatic carbocycles. The zero-order valence-electron chi connectivity index (χ0n) is 9.81. The first-order valence-electron chi connectivity index (χ1n) is 5.90. The van der Waals surface area contributed by atoms with Gasteiger partial charge in [0.15, 0.2) is 10.6 Å². The Hall–Kier alpha value is -1.73. The molecule has 3 rings (SSSR count). The Kier molecular flexibility index (Phi) is 3.07. The molecular weight excluding hydrogens is 248 g/mol. The first kappa shape index (κ1) is 11.4. The van der Waals surface area contributed by atoms with E-state index in [1.165, 1.54) is 0 Å². The van der Waals surface area contributed by atoms with Crippen molar-refractivity contribution in [2.24, 2.45) is 0 Å². The summed E-state index contributed by atoms with van der Waals surface area (Å²) >= 11 is 4.95. The highest BCUT2D eigenvalue weighted by molar-refractivity contribution is 7.71. The fraction of sp³-hybridized carbons (Fsp3) is 0.364. The van der Waals surface area contributed by atoms with Crippen LogP contribution in [0.2, 0.25) is 0 Å². The molecule has 18 heavy (non-hydrogen) atoms. The van der Waals surface area contributed by atoms with Gasteiger partial charge in [-0.3, -0.25) is 5.10 Å².